The Morgan fingerprint density at radius 2 is 1.90 bits per heavy atom. The molecule has 2 aromatic rings. The van der Waals surface area contributed by atoms with E-state index in [1.165, 1.54) is 43.5 Å². The predicted octanol–water partition coefficient (Wildman–Crippen LogP) is 3.51. The van der Waals surface area contributed by atoms with Gasteiger partial charge in [0.1, 0.15) is 12.3 Å². The minimum Gasteiger partial charge on any atom is -0.508 e. The average molecular weight is 447 g/mol. The van der Waals surface area contributed by atoms with Gasteiger partial charge in [-0.15, -0.1) is 0 Å². The average Bonchev–Trinajstić information content (AvgIpc) is 2.98. The van der Waals surface area contributed by atoms with E-state index in [9.17, 15) is 24.3 Å². The van der Waals surface area contributed by atoms with E-state index in [-0.39, 0.29) is 26.9 Å². The lowest BCUT2D eigenvalue weighted by Crippen LogP contribution is -2.36. The Kier molecular flexibility index (Phi) is 6.43. The monoisotopic (exact) mass is 446 g/mol. The lowest BCUT2D eigenvalue weighted by atomic mass is 10.2. The number of imide groups is 1. The highest BCUT2D eigenvalue weighted by molar-refractivity contribution is 8.18. The first-order valence-corrected chi connectivity index (χ1v) is 9.70. The zero-order valence-corrected chi connectivity index (χ0v) is 17.1. The summed E-state index contributed by atoms with van der Waals surface area (Å²) in [6.07, 6.45) is 1.50. The highest BCUT2D eigenvalue weighted by Gasteiger charge is 2.36. The molecule has 0 atom stereocenters. The summed E-state index contributed by atoms with van der Waals surface area (Å²) >= 11 is 6.66. The molecule has 0 aromatic heterocycles. The molecule has 1 heterocycles. The van der Waals surface area contributed by atoms with Crippen LogP contribution in [0.3, 0.4) is 0 Å². The number of nitrogens with one attached hydrogen (secondary N) is 1. The highest BCUT2D eigenvalue weighted by atomic mass is 35.5. The molecule has 0 radical (unpaired) electrons. The molecule has 2 N–H and O–H groups in total. The third-order valence-corrected chi connectivity index (χ3v) is 5.26. The molecule has 2 aromatic carbocycles. The van der Waals surface area contributed by atoms with Crippen molar-refractivity contribution in [2.45, 2.75) is 0 Å². The minimum absolute atomic E-state index is 0.0694. The number of anilines is 1. The Balaban J connectivity index is 1.69. The van der Waals surface area contributed by atoms with E-state index in [0.29, 0.717) is 5.56 Å². The molecule has 0 aliphatic carbocycles. The van der Waals surface area contributed by atoms with Crippen molar-refractivity contribution < 1.29 is 29.0 Å². The van der Waals surface area contributed by atoms with Crippen LogP contribution in [0.2, 0.25) is 5.02 Å². The number of carbonyl (C=O) groups is 4. The second-order valence-corrected chi connectivity index (χ2v) is 7.49. The number of halogens is 1. The van der Waals surface area contributed by atoms with Crippen molar-refractivity contribution in [3.63, 3.8) is 0 Å². The van der Waals surface area contributed by atoms with Crippen molar-refractivity contribution in [3.05, 3.63) is 63.5 Å². The van der Waals surface area contributed by atoms with Crippen molar-refractivity contribution >= 4 is 58.1 Å². The summed E-state index contributed by atoms with van der Waals surface area (Å²) in [5.74, 6) is -1.81. The van der Waals surface area contributed by atoms with Gasteiger partial charge in [-0.3, -0.25) is 19.3 Å². The van der Waals surface area contributed by atoms with Gasteiger partial charge in [-0.05, 0) is 53.7 Å². The number of benzene rings is 2. The SMILES string of the molecule is COC(=O)c1cc(NC(=O)CN2C(=O)S/C(=C/c3ccc(O)cc3)C2=O)ccc1Cl. The van der Waals surface area contributed by atoms with E-state index in [4.69, 9.17) is 11.6 Å². The largest absolute Gasteiger partial charge is 0.508 e. The summed E-state index contributed by atoms with van der Waals surface area (Å²) in [7, 11) is 1.20. The lowest BCUT2D eigenvalue weighted by molar-refractivity contribution is -0.127. The smallest absolute Gasteiger partial charge is 0.339 e. The van der Waals surface area contributed by atoms with E-state index in [0.717, 1.165) is 16.7 Å². The van der Waals surface area contributed by atoms with E-state index in [2.05, 4.69) is 10.1 Å². The normalized spacial score (nSPS) is 14.9. The molecule has 10 heteroatoms. The molecule has 30 heavy (non-hydrogen) atoms. The van der Waals surface area contributed by atoms with Crippen LogP contribution in [0, 0.1) is 0 Å². The molecular formula is C20H15ClN2O6S. The number of hydrogen-bond acceptors (Lipinski definition) is 7. The van der Waals surface area contributed by atoms with Crippen LogP contribution in [0.1, 0.15) is 15.9 Å². The number of methoxy groups -OCH3 is 1. The molecule has 0 unspecified atom stereocenters. The van der Waals surface area contributed by atoms with Crippen LogP contribution < -0.4 is 5.32 Å². The van der Waals surface area contributed by atoms with Crippen LogP contribution in [0.5, 0.6) is 5.75 Å². The number of rotatable bonds is 5. The molecule has 3 amide bonds. The fourth-order valence-corrected chi connectivity index (χ4v) is 3.60. The van der Waals surface area contributed by atoms with Gasteiger partial charge in [0.25, 0.3) is 11.1 Å². The van der Waals surface area contributed by atoms with Gasteiger partial charge in [-0.1, -0.05) is 23.7 Å². The molecule has 0 saturated carbocycles. The third kappa shape index (κ3) is 4.81. The Morgan fingerprint density at radius 1 is 1.20 bits per heavy atom. The van der Waals surface area contributed by atoms with Crippen molar-refractivity contribution in [1.82, 2.24) is 4.90 Å². The fraction of sp³-hybridized carbons (Fsp3) is 0.100. The molecule has 0 spiro atoms. The maximum absolute atomic E-state index is 12.5. The zero-order valence-electron chi connectivity index (χ0n) is 15.5. The van der Waals surface area contributed by atoms with Gasteiger partial charge in [0.05, 0.1) is 22.6 Å². The number of ether oxygens (including phenoxy) is 1. The number of nitrogens with zero attached hydrogens (tertiary/aromatic N) is 1. The maximum Gasteiger partial charge on any atom is 0.339 e. The summed E-state index contributed by atoms with van der Waals surface area (Å²) in [6, 6.07) is 10.3. The van der Waals surface area contributed by atoms with Crippen LogP contribution in [0.15, 0.2) is 47.4 Å². The number of hydrogen-bond donors (Lipinski definition) is 2. The number of esters is 1. The van der Waals surface area contributed by atoms with Crippen molar-refractivity contribution in [2.24, 2.45) is 0 Å². The maximum atomic E-state index is 12.5. The number of aromatic hydroxyl groups is 1. The van der Waals surface area contributed by atoms with E-state index >= 15 is 0 Å². The van der Waals surface area contributed by atoms with Crippen LogP contribution >= 0.6 is 23.4 Å². The van der Waals surface area contributed by atoms with Crippen LogP contribution in [-0.2, 0) is 14.3 Å². The Morgan fingerprint density at radius 3 is 2.57 bits per heavy atom. The first kappa shape index (κ1) is 21.4. The molecular weight excluding hydrogens is 432 g/mol. The van der Waals surface area contributed by atoms with Crippen molar-refractivity contribution in [1.29, 1.82) is 0 Å². The van der Waals surface area contributed by atoms with Gasteiger partial charge in [0.2, 0.25) is 5.91 Å². The standard InChI is InChI=1S/C20H15ClN2O6S/c1-29-19(27)14-9-12(4-7-15(14)21)22-17(25)10-23-18(26)16(30-20(23)28)8-11-2-5-13(24)6-3-11/h2-9,24H,10H2,1H3,(H,22,25)/b16-8+. The van der Waals surface area contributed by atoms with Gasteiger partial charge in [0, 0.05) is 5.69 Å². The van der Waals surface area contributed by atoms with Gasteiger partial charge in [0.15, 0.2) is 0 Å². The number of thioether (sulfide) groups is 1. The van der Waals surface area contributed by atoms with Crippen molar-refractivity contribution in [3.8, 4) is 5.75 Å². The quantitative estimate of drug-likeness (QED) is 0.533. The number of carbonyl (C=O) groups excluding carboxylic acids is 4. The Hall–Kier alpha value is -3.30. The number of phenolic OH excluding ortho intramolecular Hbond substituents is 1. The molecule has 0 bridgehead atoms. The van der Waals surface area contributed by atoms with Crippen LogP contribution in [-0.4, -0.2) is 46.7 Å². The summed E-state index contributed by atoms with van der Waals surface area (Å²) < 4.78 is 4.62. The minimum atomic E-state index is -0.665. The Labute approximate surface area is 180 Å². The lowest BCUT2D eigenvalue weighted by Gasteiger charge is -2.13. The first-order valence-electron chi connectivity index (χ1n) is 8.50. The molecule has 3 rings (SSSR count). The van der Waals surface area contributed by atoms with E-state index in [1.54, 1.807) is 12.1 Å². The van der Waals surface area contributed by atoms with Crippen LogP contribution in [0.4, 0.5) is 10.5 Å². The molecule has 1 saturated heterocycles. The third-order valence-electron chi connectivity index (χ3n) is 4.02. The highest BCUT2D eigenvalue weighted by Crippen LogP contribution is 2.32. The fourth-order valence-electron chi connectivity index (χ4n) is 2.57. The van der Waals surface area contributed by atoms with E-state index in [1.807, 2.05) is 0 Å². The molecule has 8 nitrogen and oxygen atoms in total. The first-order chi connectivity index (χ1) is 14.3. The summed E-state index contributed by atoms with van der Waals surface area (Å²) in [5, 5.41) is 11.4. The van der Waals surface area contributed by atoms with Gasteiger partial charge >= 0.3 is 5.97 Å². The summed E-state index contributed by atoms with van der Waals surface area (Å²) in [4.78, 5) is 49.7. The molecule has 1 aliphatic rings. The Bertz CT molecular complexity index is 1070. The number of phenols is 1. The van der Waals surface area contributed by atoms with Crippen molar-refractivity contribution in [2.75, 3.05) is 19.0 Å². The van der Waals surface area contributed by atoms with Gasteiger partial charge in [-0.25, -0.2) is 4.79 Å². The van der Waals surface area contributed by atoms with Crippen LogP contribution in [0.25, 0.3) is 6.08 Å². The second kappa shape index (κ2) is 9.02. The predicted molar refractivity (Wildman–Crippen MR) is 112 cm³/mol. The van der Waals surface area contributed by atoms with Gasteiger partial charge in [-0.2, -0.15) is 0 Å². The van der Waals surface area contributed by atoms with Gasteiger partial charge < -0.3 is 15.2 Å². The topological polar surface area (TPSA) is 113 Å². The second-order valence-electron chi connectivity index (χ2n) is 6.09. The van der Waals surface area contributed by atoms with E-state index < -0.39 is 29.6 Å². The molecule has 154 valence electrons. The molecule has 1 aliphatic heterocycles. The number of amides is 3. The summed E-state index contributed by atoms with van der Waals surface area (Å²) in [5.41, 5.74) is 0.954. The zero-order chi connectivity index (χ0) is 21.8. The molecule has 1 fully saturated rings. The summed E-state index contributed by atoms with van der Waals surface area (Å²) in [6.45, 7) is -0.492.